The minimum absolute atomic E-state index is 0.0700. The molecule has 0 saturated carbocycles. The molecule has 0 aliphatic carbocycles. The molecule has 1 heterocycles. The van der Waals surface area contributed by atoms with Gasteiger partial charge < -0.3 is 24.6 Å². The fourth-order valence-corrected chi connectivity index (χ4v) is 2.44. The van der Waals surface area contributed by atoms with Crippen molar-refractivity contribution in [1.82, 2.24) is 5.32 Å². The van der Waals surface area contributed by atoms with Crippen LogP contribution in [0.1, 0.15) is 32.8 Å². The van der Waals surface area contributed by atoms with Crippen LogP contribution >= 0.6 is 0 Å². The third kappa shape index (κ3) is 5.86. The number of rotatable bonds is 7. The molecule has 2 N–H and O–H groups in total. The molecule has 1 amide bonds. The molecule has 0 unspecified atom stereocenters. The number of benzene rings is 1. The summed E-state index contributed by atoms with van der Waals surface area (Å²) in [4.78, 5) is 23.6. The summed E-state index contributed by atoms with van der Waals surface area (Å²) in [5.74, 6) is -1.80. The fraction of sp³-hybridized carbons (Fsp3) is 0.474. The van der Waals surface area contributed by atoms with Crippen molar-refractivity contribution in [3.05, 3.63) is 48.0 Å². The van der Waals surface area contributed by atoms with E-state index < -0.39 is 23.4 Å². The number of carbonyl (C=O) groups is 2. The van der Waals surface area contributed by atoms with Gasteiger partial charge in [-0.3, -0.25) is 0 Å². The van der Waals surface area contributed by atoms with Crippen LogP contribution in [-0.4, -0.2) is 41.2 Å². The van der Waals surface area contributed by atoms with Gasteiger partial charge >= 0.3 is 12.1 Å². The highest BCUT2D eigenvalue weighted by Crippen LogP contribution is 2.23. The molecule has 0 spiro atoms. The van der Waals surface area contributed by atoms with Crippen molar-refractivity contribution >= 4 is 12.1 Å². The smallest absolute Gasteiger partial charge is 0.408 e. The minimum atomic E-state index is -1.49. The monoisotopic (exact) mass is 363 g/mol. The molecule has 2 atom stereocenters. The van der Waals surface area contributed by atoms with E-state index in [2.05, 4.69) is 5.32 Å². The molecule has 7 nitrogen and oxygen atoms in total. The van der Waals surface area contributed by atoms with Crippen LogP contribution in [-0.2, 0) is 25.6 Å². The standard InChI is InChI=1S/C19H25NO6/c1-18(2)25-13-15(26-18)10-7-11-19(3,16(21)22)20-17(23)24-12-14-8-5-4-6-9-14/h4-10,15H,11-13H2,1-3H3,(H,20,23)(H,21,22)/b10-7+/t15-,19-/m0/s1. The molecule has 7 heteroatoms. The van der Waals surface area contributed by atoms with Crippen LogP contribution in [0, 0.1) is 0 Å². The highest BCUT2D eigenvalue weighted by molar-refractivity contribution is 5.84. The lowest BCUT2D eigenvalue weighted by molar-refractivity contribution is -0.143. The van der Waals surface area contributed by atoms with Gasteiger partial charge in [-0.05, 0) is 32.8 Å². The average molecular weight is 363 g/mol. The van der Waals surface area contributed by atoms with E-state index in [4.69, 9.17) is 14.2 Å². The number of carboxylic acid groups (broad SMARTS) is 1. The van der Waals surface area contributed by atoms with Gasteiger partial charge in [0.05, 0.1) is 6.61 Å². The SMILES string of the molecule is CC1(C)OC[C@H](/C=C/C[C@](C)(NC(=O)OCc2ccccc2)C(=O)O)O1. The number of aliphatic carboxylic acids is 1. The van der Waals surface area contributed by atoms with Crippen molar-refractivity contribution in [2.45, 2.75) is 51.2 Å². The molecule has 1 aromatic rings. The molecule has 142 valence electrons. The Morgan fingerprint density at radius 1 is 1.38 bits per heavy atom. The molecule has 1 aromatic carbocycles. The first kappa shape index (κ1) is 19.9. The number of nitrogens with one attached hydrogen (secondary N) is 1. The molecule has 2 rings (SSSR count). The summed E-state index contributed by atoms with van der Waals surface area (Å²) in [6, 6.07) is 9.16. The number of hydrogen-bond acceptors (Lipinski definition) is 5. The zero-order chi connectivity index (χ0) is 19.2. The molecule has 26 heavy (non-hydrogen) atoms. The lowest BCUT2D eigenvalue weighted by Crippen LogP contribution is -2.52. The van der Waals surface area contributed by atoms with Gasteiger partial charge in [-0.15, -0.1) is 0 Å². The van der Waals surface area contributed by atoms with Crippen LogP contribution in [0.15, 0.2) is 42.5 Å². The topological polar surface area (TPSA) is 94.1 Å². The zero-order valence-electron chi connectivity index (χ0n) is 15.2. The van der Waals surface area contributed by atoms with E-state index in [9.17, 15) is 14.7 Å². The molecular weight excluding hydrogens is 338 g/mol. The predicted molar refractivity (Wildman–Crippen MR) is 94.5 cm³/mol. The van der Waals surface area contributed by atoms with Crippen LogP contribution < -0.4 is 5.32 Å². The average Bonchev–Trinajstić information content (AvgIpc) is 2.92. The van der Waals surface area contributed by atoms with Crippen molar-refractivity contribution in [3.8, 4) is 0 Å². The van der Waals surface area contributed by atoms with E-state index in [1.165, 1.54) is 6.92 Å². The number of alkyl carbamates (subject to hydrolysis) is 1. The molecule has 0 aromatic heterocycles. The minimum Gasteiger partial charge on any atom is -0.480 e. The van der Waals surface area contributed by atoms with Crippen molar-refractivity contribution in [2.24, 2.45) is 0 Å². The molecule has 0 radical (unpaired) electrons. The third-order valence-corrected chi connectivity index (χ3v) is 3.97. The predicted octanol–water partition coefficient (Wildman–Crippen LogP) is 2.85. The van der Waals surface area contributed by atoms with Crippen molar-refractivity contribution in [1.29, 1.82) is 0 Å². The van der Waals surface area contributed by atoms with Crippen molar-refractivity contribution in [2.75, 3.05) is 6.61 Å². The maximum atomic E-state index is 12.0. The van der Waals surface area contributed by atoms with E-state index in [-0.39, 0.29) is 19.1 Å². The Balaban J connectivity index is 1.87. The van der Waals surface area contributed by atoms with E-state index in [1.807, 2.05) is 44.2 Å². The van der Waals surface area contributed by atoms with Gasteiger partial charge in [0.2, 0.25) is 0 Å². The summed E-state index contributed by atoms with van der Waals surface area (Å²) in [7, 11) is 0. The summed E-state index contributed by atoms with van der Waals surface area (Å²) in [5.41, 5.74) is -0.667. The molecule has 1 saturated heterocycles. The second kappa shape index (κ2) is 8.33. The first-order valence-electron chi connectivity index (χ1n) is 8.41. The van der Waals surface area contributed by atoms with Gasteiger partial charge in [-0.2, -0.15) is 0 Å². The Hall–Kier alpha value is -2.38. The third-order valence-electron chi connectivity index (χ3n) is 3.97. The van der Waals surface area contributed by atoms with Crippen LogP contribution in [0.3, 0.4) is 0 Å². The van der Waals surface area contributed by atoms with Gasteiger partial charge in [0, 0.05) is 0 Å². The lowest BCUT2D eigenvalue weighted by atomic mass is 9.97. The van der Waals surface area contributed by atoms with Crippen LogP contribution in [0.2, 0.25) is 0 Å². The zero-order valence-corrected chi connectivity index (χ0v) is 15.2. The van der Waals surface area contributed by atoms with E-state index >= 15 is 0 Å². The number of amides is 1. The Morgan fingerprint density at radius 3 is 2.65 bits per heavy atom. The van der Waals surface area contributed by atoms with Gasteiger partial charge in [-0.25, -0.2) is 9.59 Å². The van der Waals surface area contributed by atoms with E-state index in [0.717, 1.165) is 5.56 Å². The van der Waals surface area contributed by atoms with Gasteiger partial charge in [0.25, 0.3) is 0 Å². The largest absolute Gasteiger partial charge is 0.480 e. The molecule has 1 aliphatic rings. The summed E-state index contributed by atoms with van der Waals surface area (Å²) in [6.45, 7) is 5.53. The van der Waals surface area contributed by atoms with Crippen molar-refractivity contribution < 1.29 is 28.9 Å². The number of carbonyl (C=O) groups excluding carboxylic acids is 1. The second-order valence-electron chi connectivity index (χ2n) is 6.82. The molecule has 0 bridgehead atoms. The highest BCUT2D eigenvalue weighted by Gasteiger charge is 2.35. The maximum Gasteiger partial charge on any atom is 0.408 e. The quantitative estimate of drug-likeness (QED) is 0.724. The van der Waals surface area contributed by atoms with Gasteiger partial charge in [0.15, 0.2) is 5.79 Å². The number of carboxylic acids is 1. The second-order valence-corrected chi connectivity index (χ2v) is 6.82. The maximum absolute atomic E-state index is 12.0. The van der Waals surface area contributed by atoms with Gasteiger partial charge in [0.1, 0.15) is 18.2 Å². The Labute approximate surface area is 152 Å². The van der Waals surface area contributed by atoms with E-state index in [1.54, 1.807) is 12.2 Å². The van der Waals surface area contributed by atoms with E-state index in [0.29, 0.717) is 6.61 Å². The molecule has 1 fully saturated rings. The Kier molecular flexibility index (Phi) is 6.39. The highest BCUT2D eigenvalue weighted by atomic mass is 16.7. The van der Waals surface area contributed by atoms with Gasteiger partial charge in [-0.1, -0.05) is 42.5 Å². The first-order valence-corrected chi connectivity index (χ1v) is 8.41. The fourth-order valence-electron chi connectivity index (χ4n) is 2.44. The van der Waals surface area contributed by atoms with Crippen LogP contribution in [0.5, 0.6) is 0 Å². The number of ether oxygens (including phenoxy) is 3. The first-order chi connectivity index (χ1) is 12.2. The summed E-state index contributed by atoms with van der Waals surface area (Å²) >= 11 is 0. The normalized spacial score (nSPS) is 21.3. The Morgan fingerprint density at radius 2 is 2.08 bits per heavy atom. The summed E-state index contributed by atoms with van der Waals surface area (Å²) in [5, 5.41) is 11.9. The Bertz CT molecular complexity index is 657. The van der Waals surface area contributed by atoms with Crippen LogP contribution in [0.25, 0.3) is 0 Å². The molecule has 1 aliphatic heterocycles. The number of hydrogen-bond donors (Lipinski definition) is 2. The lowest BCUT2D eigenvalue weighted by Gasteiger charge is -2.24. The summed E-state index contributed by atoms with van der Waals surface area (Å²) in [6.07, 6.45) is 2.47. The van der Waals surface area contributed by atoms with Crippen LogP contribution in [0.4, 0.5) is 4.79 Å². The molecular formula is C19H25NO6. The summed E-state index contributed by atoms with van der Waals surface area (Å²) < 4.78 is 16.2. The van der Waals surface area contributed by atoms with Crippen molar-refractivity contribution in [3.63, 3.8) is 0 Å².